The van der Waals surface area contributed by atoms with Crippen LogP contribution in [0.15, 0.2) is 46.0 Å². The second kappa shape index (κ2) is 10.0. The first-order valence-electron chi connectivity index (χ1n) is 10.3. The van der Waals surface area contributed by atoms with Crippen LogP contribution in [0.5, 0.6) is 0 Å². The molecule has 0 aliphatic carbocycles. The Bertz CT molecular complexity index is 824. The number of rotatable bonds is 6. The molecule has 0 spiro atoms. The quantitative estimate of drug-likeness (QED) is 0.445. The number of carbonyl (C=O) groups is 1. The number of piperazine rings is 1. The molecule has 0 saturated carbocycles. The molecule has 1 aliphatic rings. The van der Waals surface area contributed by atoms with Gasteiger partial charge in [0.05, 0.1) is 12.8 Å². The molecule has 1 saturated heterocycles. The number of carbonyl (C=O) groups excluding carboxylic acids is 1. The monoisotopic (exact) mass is 397 g/mol. The van der Waals surface area contributed by atoms with Crippen molar-refractivity contribution in [2.75, 3.05) is 50.7 Å². The lowest BCUT2D eigenvalue weighted by molar-refractivity contribution is 0.0927. The number of hydrogen-bond donors (Lipinski definition) is 2. The lowest BCUT2D eigenvalue weighted by Crippen LogP contribution is -2.52. The Hall–Kier alpha value is -2.96. The first-order valence-corrected chi connectivity index (χ1v) is 10.3. The van der Waals surface area contributed by atoms with E-state index >= 15 is 0 Å². The molecular weight excluding hydrogens is 366 g/mol. The van der Waals surface area contributed by atoms with Gasteiger partial charge in [-0.25, -0.2) is 0 Å². The van der Waals surface area contributed by atoms with Gasteiger partial charge in [-0.1, -0.05) is 12.1 Å². The molecule has 0 radical (unpaired) electrons. The number of amides is 1. The van der Waals surface area contributed by atoms with Crippen molar-refractivity contribution in [2.24, 2.45) is 4.99 Å². The van der Waals surface area contributed by atoms with Gasteiger partial charge in [0.25, 0.3) is 5.91 Å². The molecule has 0 unspecified atom stereocenters. The van der Waals surface area contributed by atoms with Crippen molar-refractivity contribution in [2.45, 2.75) is 20.8 Å². The Labute approximate surface area is 172 Å². The van der Waals surface area contributed by atoms with Gasteiger partial charge in [-0.3, -0.25) is 9.79 Å². The number of nitrogens with zero attached hydrogens (tertiary/aromatic N) is 3. The van der Waals surface area contributed by atoms with Crippen molar-refractivity contribution in [1.82, 2.24) is 15.5 Å². The molecule has 2 heterocycles. The molecule has 1 fully saturated rings. The van der Waals surface area contributed by atoms with E-state index < -0.39 is 0 Å². The average Bonchev–Trinajstić information content (AvgIpc) is 3.27. The fourth-order valence-electron chi connectivity index (χ4n) is 3.49. The Morgan fingerprint density at radius 1 is 1.10 bits per heavy atom. The minimum absolute atomic E-state index is 0.211. The predicted molar refractivity (Wildman–Crippen MR) is 117 cm³/mol. The van der Waals surface area contributed by atoms with Gasteiger partial charge >= 0.3 is 0 Å². The number of aliphatic imine (C=N–C) groups is 1. The first-order chi connectivity index (χ1) is 14.1. The van der Waals surface area contributed by atoms with Gasteiger partial charge in [0.1, 0.15) is 0 Å². The molecule has 3 rings (SSSR count). The Kier molecular flexibility index (Phi) is 7.16. The van der Waals surface area contributed by atoms with Gasteiger partial charge in [-0.05, 0) is 50.1 Å². The SMILES string of the molecule is CCNC(=NCCNC(=O)c1ccco1)N1CCN(c2cccc(C)c2C)CC1. The third kappa shape index (κ3) is 5.31. The number of guanidine groups is 1. The molecule has 0 atom stereocenters. The van der Waals surface area contributed by atoms with Crippen LogP contribution in [0.2, 0.25) is 0 Å². The zero-order chi connectivity index (χ0) is 20.6. The van der Waals surface area contributed by atoms with Crippen LogP contribution in [0.1, 0.15) is 28.6 Å². The number of aryl methyl sites for hydroxylation is 1. The summed E-state index contributed by atoms with van der Waals surface area (Å²) in [6, 6.07) is 9.85. The van der Waals surface area contributed by atoms with Crippen LogP contribution in [0, 0.1) is 13.8 Å². The van der Waals surface area contributed by atoms with E-state index in [0.29, 0.717) is 18.8 Å². The molecule has 156 valence electrons. The largest absolute Gasteiger partial charge is 0.459 e. The zero-order valence-corrected chi connectivity index (χ0v) is 17.6. The van der Waals surface area contributed by atoms with E-state index in [1.807, 2.05) is 0 Å². The van der Waals surface area contributed by atoms with Gasteiger partial charge in [0.15, 0.2) is 11.7 Å². The lowest BCUT2D eigenvalue weighted by atomic mass is 10.1. The van der Waals surface area contributed by atoms with Crippen molar-refractivity contribution in [3.63, 3.8) is 0 Å². The standard InChI is InChI=1S/C22H31N5O2/c1-4-23-22(25-11-10-24-21(28)20-9-6-16-29-20)27-14-12-26(13-15-27)19-8-5-7-17(2)18(19)3/h5-9,16H,4,10-15H2,1-3H3,(H,23,25)(H,24,28). The summed E-state index contributed by atoms with van der Waals surface area (Å²) in [6.45, 7) is 12.0. The normalized spacial score (nSPS) is 14.8. The van der Waals surface area contributed by atoms with Gasteiger partial charge in [-0.15, -0.1) is 0 Å². The summed E-state index contributed by atoms with van der Waals surface area (Å²) in [6.07, 6.45) is 1.49. The minimum Gasteiger partial charge on any atom is -0.459 e. The second-order valence-electron chi connectivity index (χ2n) is 7.16. The number of hydrogen-bond acceptors (Lipinski definition) is 4. The zero-order valence-electron chi connectivity index (χ0n) is 17.6. The molecule has 0 bridgehead atoms. The molecule has 1 aromatic carbocycles. The number of nitrogens with one attached hydrogen (secondary N) is 2. The van der Waals surface area contributed by atoms with E-state index in [1.165, 1.54) is 23.1 Å². The second-order valence-corrected chi connectivity index (χ2v) is 7.16. The van der Waals surface area contributed by atoms with E-state index in [9.17, 15) is 4.79 Å². The van der Waals surface area contributed by atoms with Crippen LogP contribution < -0.4 is 15.5 Å². The predicted octanol–water partition coefficient (Wildman–Crippen LogP) is 2.41. The maximum absolute atomic E-state index is 11.9. The first kappa shape index (κ1) is 20.8. The Balaban J connectivity index is 1.52. The molecule has 1 amide bonds. The van der Waals surface area contributed by atoms with Crippen LogP contribution in [-0.2, 0) is 0 Å². The summed E-state index contributed by atoms with van der Waals surface area (Å²) >= 11 is 0. The van der Waals surface area contributed by atoms with Crippen molar-refractivity contribution < 1.29 is 9.21 Å². The number of anilines is 1. The highest BCUT2D eigenvalue weighted by atomic mass is 16.3. The summed E-state index contributed by atoms with van der Waals surface area (Å²) in [5.74, 6) is 1.01. The fourth-order valence-corrected chi connectivity index (χ4v) is 3.49. The number of benzene rings is 1. The molecule has 2 N–H and O–H groups in total. The van der Waals surface area contributed by atoms with Crippen molar-refractivity contribution in [3.8, 4) is 0 Å². The van der Waals surface area contributed by atoms with Gasteiger partial charge in [0, 0.05) is 45.0 Å². The summed E-state index contributed by atoms with van der Waals surface area (Å²) in [4.78, 5) is 21.3. The minimum atomic E-state index is -0.211. The average molecular weight is 398 g/mol. The molecule has 7 nitrogen and oxygen atoms in total. The van der Waals surface area contributed by atoms with Crippen LogP contribution in [0.4, 0.5) is 5.69 Å². The van der Waals surface area contributed by atoms with Crippen LogP contribution in [0.3, 0.4) is 0 Å². The highest BCUT2D eigenvalue weighted by Crippen LogP contribution is 2.23. The molecule has 1 aliphatic heterocycles. The van der Waals surface area contributed by atoms with E-state index in [2.05, 4.69) is 64.4 Å². The van der Waals surface area contributed by atoms with Crippen LogP contribution >= 0.6 is 0 Å². The third-order valence-corrected chi connectivity index (χ3v) is 5.23. The topological polar surface area (TPSA) is 73.1 Å². The maximum atomic E-state index is 11.9. The summed E-state index contributed by atoms with van der Waals surface area (Å²) in [5, 5.41) is 6.20. The van der Waals surface area contributed by atoms with E-state index in [-0.39, 0.29) is 5.91 Å². The smallest absolute Gasteiger partial charge is 0.287 e. The van der Waals surface area contributed by atoms with Gasteiger partial charge < -0.3 is 24.9 Å². The van der Waals surface area contributed by atoms with Crippen LogP contribution in [0.25, 0.3) is 0 Å². The Morgan fingerprint density at radius 3 is 2.59 bits per heavy atom. The van der Waals surface area contributed by atoms with Crippen molar-refractivity contribution >= 4 is 17.6 Å². The highest BCUT2D eigenvalue weighted by Gasteiger charge is 2.21. The van der Waals surface area contributed by atoms with E-state index in [0.717, 1.165) is 38.7 Å². The maximum Gasteiger partial charge on any atom is 0.287 e. The third-order valence-electron chi connectivity index (χ3n) is 5.23. The molecule has 29 heavy (non-hydrogen) atoms. The molecule has 7 heteroatoms. The highest BCUT2D eigenvalue weighted by molar-refractivity contribution is 5.91. The van der Waals surface area contributed by atoms with Gasteiger partial charge in [-0.2, -0.15) is 0 Å². The van der Waals surface area contributed by atoms with Crippen LogP contribution in [-0.4, -0.2) is 62.6 Å². The molecular formula is C22H31N5O2. The van der Waals surface area contributed by atoms with Crippen molar-refractivity contribution in [3.05, 3.63) is 53.5 Å². The summed E-state index contributed by atoms with van der Waals surface area (Å²) in [7, 11) is 0. The van der Waals surface area contributed by atoms with E-state index in [4.69, 9.17) is 4.42 Å². The summed E-state index contributed by atoms with van der Waals surface area (Å²) < 4.78 is 5.10. The van der Waals surface area contributed by atoms with Gasteiger partial charge in [0.2, 0.25) is 0 Å². The fraction of sp³-hybridized carbons (Fsp3) is 0.455. The molecule has 1 aromatic heterocycles. The number of furan rings is 1. The Morgan fingerprint density at radius 2 is 1.90 bits per heavy atom. The van der Waals surface area contributed by atoms with E-state index in [1.54, 1.807) is 12.1 Å². The molecule has 2 aromatic rings. The lowest BCUT2D eigenvalue weighted by Gasteiger charge is -2.38. The van der Waals surface area contributed by atoms with Crippen molar-refractivity contribution in [1.29, 1.82) is 0 Å². The summed E-state index contributed by atoms with van der Waals surface area (Å²) in [5.41, 5.74) is 4.01.